The highest BCUT2D eigenvalue weighted by Crippen LogP contribution is 2.61. The molecule has 5 aliphatic rings. The topological polar surface area (TPSA) is 51.8 Å². The molecule has 2 aromatic heterocycles. The Bertz CT molecular complexity index is 3190. The third-order valence-electron chi connectivity index (χ3n) is 15.1. The van der Waals surface area contributed by atoms with E-state index >= 15 is 0 Å². The van der Waals surface area contributed by atoms with E-state index in [0.29, 0.717) is 22.9 Å². The Labute approximate surface area is 350 Å². The Hall–Kier alpha value is -6.39. The van der Waals surface area contributed by atoms with E-state index in [9.17, 15) is 0 Å². The molecule has 9 aromatic rings. The summed E-state index contributed by atoms with van der Waals surface area (Å²) in [5, 5.41) is 4.43. The summed E-state index contributed by atoms with van der Waals surface area (Å²) < 4.78 is 6.56. The van der Waals surface area contributed by atoms with Crippen molar-refractivity contribution in [2.45, 2.75) is 63.2 Å². The average molecular weight is 776 g/mol. The van der Waals surface area contributed by atoms with E-state index in [1.54, 1.807) is 0 Å². The minimum absolute atomic E-state index is 0.0779. The van der Waals surface area contributed by atoms with Crippen molar-refractivity contribution in [2.24, 2.45) is 17.8 Å². The van der Waals surface area contributed by atoms with Crippen LogP contribution in [0, 0.1) is 17.8 Å². The van der Waals surface area contributed by atoms with E-state index in [4.69, 9.17) is 19.4 Å². The predicted octanol–water partition coefficient (Wildman–Crippen LogP) is 14.4. The summed E-state index contributed by atoms with van der Waals surface area (Å²) in [6.45, 7) is 4.70. The number of furan rings is 1. The molecule has 0 radical (unpaired) electrons. The number of hydrogen-bond donors (Lipinski definition) is 0. The molecule has 0 saturated heterocycles. The van der Waals surface area contributed by atoms with Gasteiger partial charge in [-0.05, 0) is 136 Å². The third-order valence-corrected chi connectivity index (χ3v) is 15.1. The standard InChI is InChI=1S/C56H45N3O/c1-55(2)48-16-7-5-12-42(48)43-23-20-37(29-49(43)55)39-24-25-46(41-11-4-3-10-40(39)41)53-57-52(36-18-21-38(22-19-36)56-30-33-26-34(31-56)28-35(27-33)32-56)58-54(59-53)47-15-9-14-45-44-13-6-8-17-50(44)60-51(45)47/h3-25,29,33-35H,26-28,30-32H2,1-2H3. The van der Waals surface area contributed by atoms with Crippen LogP contribution in [0.3, 0.4) is 0 Å². The molecule has 4 nitrogen and oxygen atoms in total. The van der Waals surface area contributed by atoms with E-state index < -0.39 is 0 Å². The molecule has 4 heteroatoms. The molecular formula is C56H45N3O. The molecule has 60 heavy (non-hydrogen) atoms. The van der Waals surface area contributed by atoms with E-state index in [-0.39, 0.29) is 5.41 Å². The Morgan fingerprint density at radius 3 is 1.77 bits per heavy atom. The number of fused-ring (bicyclic) bond motifs is 7. The first-order valence-corrected chi connectivity index (χ1v) is 21.9. The van der Waals surface area contributed by atoms with Gasteiger partial charge in [-0.1, -0.05) is 135 Å². The molecule has 4 fully saturated rings. The smallest absolute Gasteiger partial charge is 0.167 e. The molecule has 0 unspecified atom stereocenters. The SMILES string of the molecule is CC1(C)c2ccccc2-c2ccc(-c3ccc(-c4nc(-c5ccc(C67CC8CC(CC(C8)C6)C7)cc5)nc(-c5cccc6c5oc5ccccc56)n4)c4ccccc34)cc21. The molecule has 0 aliphatic heterocycles. The maximum atomic E-state index is 6.56. The van der Waals surface area contributed by atoms with Gasteiger partial charge in [-0.25, -0.2) is 15.0 Å². The van der Waals surface area contributed by atoms with Crippen LogP contribution < -0.4 is 0 Å². The molecule has 0 N–H and O–H groups in total. The van der Waals surface area contributed by atoms with Crippen molar-refractivity contribution in [1.29, 1.82) is 0 Å². The molecule has 14 rings (SSSR count). The van der Waals surface area contributed by atoms with E-state index in [0.717, 1.165) is 61.8 Å². The fraction of sp³-hybridized carbons (Fsp3) is 0.232. The summed E-state index contributed by atoms with van der Waals surface area (Å²) in [7, 11) is 0. The van der Waals surface area contributed by atoms with Crippen molar-refractivity contribution < 1.29 is 4.42 Å². The van der Waals surface area contributed by atoms with Gasteiger partial charge in [-0.15, -0.1) is 0 Å². The van der Waals surface area contributed by atoms with Crippen LogP contribution in [0.1, 0.15) is 69.1 Å². The van der Waals surface area contributed by atoms with Crippen LogP contribution in [0.2, 0.25) is 0 Å². The molecule has 0 atom stereocenters. The van der Waals surface area contributed by atoms with Gasteiger partial charge >= 0.3 is 0 Å². The zero-order chi connectivity index (χ0) is 39.7. The summed E-state index contributed by atoms with van der Waals surface area (Å²) in [5.41, 5.74) is 14.1. The van der Waals surface area contributed by atoms with Gasteiger partial charge < -0.3 is 4.42 Å². The Morgan fingerprint density at radius 2 is 1.00 bits per heavy atom. The van der Waals surface area contributed by atoms with Gasteiger partial charge in [0.1, 0.15) is 11.2 Å². The third kappa shape index (κ3) is 5.06. The van der Waals surface area contributed by atoms with Gasteiger partial charge in [-0.2, -0.15) is 0 Å². The van der Waals surface area contributed by atoms with E-state index in [1.807, 2.05) is 12.1 Å². The van der Waals surface area contributed by atoms with Crippen molar-refractivity contribution >= 4 is 32.7 Å². The molecule has 0 spiro atoms. The highest BCUT2D eigenvalue weighted by molar-refractivity contribution is 6.09. The fourth-order valence-corrected chi connectivity index (χ4v) is 12.7. The average Bonchev–Trinajstić information content (AvgIpc) is 3.77. The van der Waals surface area contributed by atoms with Crippen LogP contribution in [0.4, 0.5) is 0 Å². The number of para-hydroxylation sites is 2. The minimum atomic E-state index is -0.0779. The molecule has 4 saturated carbocycles. The summed E-state index contributed by atoms with van der Waals surface area (Å²) in [5.74, 6) is 4.64. The van der Waals surface area contributed by atoms with Gasteiger partial charge in [0, 0.05) is 27.3 Å². The number of nitrogens with zero attached hydrogens (tertiary/aromatic N) is 3. The largest absolute Gasteiger partial charge is 0.455 e. The summed E-state index contributed by atoms with van der Waals surface area (Å²) in [4.78, 5) is 15.9. The van der Waals surface area contributed by atoms with Crippen molar-refractivity contribution in [2.75, 3.05) is 0 Å². The normalized spacial score (nSPS) is 22.1. The van der Waals surface area contributed by atoms with Crippen molar-refractivity contribution in [1.82, 2.24) is 15.0 Å². The first-order chi connectivity index (χ1) is 29.4. The second kappa shape index (κ2) is 12.6. The minimum Gasteiger partial charge on any atom is -0.455 e. The highest BCUT2D eigenvalue weighted by atomic mass is 16.3. The summed E-state index contributed by atoms with van der Waals surface area (Å²) in [6, 6.07) is 52.9. The Kier molecular flexibility index (Phi) is 7.22. The van der Waals surface area contributed by atoms with Crippen LogP contribution in [0.15, 0.2) is 150 Å². The first kappa shape index (κ1) is 34.5. The zero-order valence-electron chi connectivity index (χ0n) is 34.1. The number of benzene rings is 7. The molecule has 5 aliphatic carbocycles. The molecule has 2 heterocycles. The predicted molar refractivity (Wildman–Crippen MR) is 244 cm³/mol. The fourth-order valence-electron chi connectivity index (χ4n) is 12.7. The maximum Gasteiger partial charge on any atom is 0.167 e. The van der Waals surface area contributed by atoms with Crippen LogP contribution in [0.25, 0.3) is 89.1 Å². The quantitative estimate of drug-likeness (QED) is 0.175. The zero-order valence-corrected chi connectivity index (χ0v) is 34.1. The molecule has 0 amide bonds. The van der Waals surface area contributed by atoms with Crippen molar-refractivity contribution in [3.63, 3.8) is 0 Å². The second-order valence-electron chi connectivity index (χ2n) is 19.0. The molecule has 4 bridgehead atoms. The van der Waals surface area contributed by atoms with Gasteiger partial charge in [0.15, 0.2) is 17.5 Å². The lowest BCUT2D eigenvalue weighted by Crippen LogP contribution is -2.48. The highest BCUT2D eigenvalue weighted by Gasteiger charge is 2.51. The van der Waals surface area contributed by atoms with Gasteiger partial charge in [0.25, 0.3) is 0 Å². The lowest BCUT2D eigenvalue weighted by atomic mass is 9.48. The second-order valence-corrected chi connectivity index (χ2v) is 19.0. The maximum absolute atomic E-state index is 6.56. The molecular weight excluding hydrogens is 731 g/mol. The van der Waals surface area contributed by atoms with Crippen LogP contribution >= 0.6 is 0 Å². The Morgan fingerprint density at radius 1 is 0.450 bits per heavy atom. The van der Waals surface area contributed by atoms with Crippen molar-refractivity contribution in [3.8, 4) is 56.4 Å². The Balaban J connectivity index is 0.965. The number of aromatic nitrogens is 3. The van der Waals surface area contributed by atoms with Crippen LogP contribution in [-0.2, 0) is 10.8 Å². The molecule has 7 aromatic carbocycles. The lowest BCUT2D eigenvalue weighted by Gasteiger charge is -2.57. The number of rotatable bonds is 5. The monoisotopic (exact) mass is 775 g/mol. The van der Waals surface area contributed by atoms with E-state index in [1.165, 1.54) is 82.9 Å². The molecule has 290 valence electrons. The van der Waals surface area contributed by atoms with Gasteiger partial charge in [0.2, 0.25) is 0 Å². The first-order valence-electron chi connectivity index (χ1n) is 21.9. The van der Waals surface area contributed by atoms with E-state index in [2.05, 4.69) is 147 Å². The van der Waals surface area contributed by atoms with Crippen LogP contribution in [0.5, 0.6) is 0 Å². The van der Waals surface area contributed by atoms with Crippen LogP contribution in [-0.4, -0.2) is 15.0 Å². The van der Waals surface area contributed by atoms with Gasteiger partial charge in [-0.3, -0.25) is 0 Å². The number of hydrogen-bond acceptors (Lipinski definition) is 4. The lowest BCUT2D eigenvalue weighted by molar-refractivity contribution is -0.00518. The van der Waals surface area contributed by atoms with Crippen molar-refractivity contribution in [3.05, 3.63) is 162 Å². The van der Waals surface area contributed by atoms with Gasteiger partial charge in [0.05, 0.1) is 5.56 Å². The summed E-state index contributed by atoms with van der Waals surface area (Å²) in [6.07, 6.45) is 8.38. The summed E-state index contributed by atoms with van der Waals surface area (Å²) >= 11 is 0.